The first-order valence-corrected chi connectivity index (χ1v) is 4.81. The molecule has 8 nitrogen and oxygen atoms in total. The lowest BCUT2D eigenvalue weighted by molar-refractivity contribution is -0.383. The normalized spacial score (nSPS) is 17.1. The van der Waals surface area contributed by atoms with Gasteiger partial charge in [-0.15, -0.1) is 0 Å². The number of carbonyl (C=O) groups is 2. The Balaban J connectivity index is 4.49. The van der Waals surface area contributed by atoms with Crippen molar-refractivity contribution >= 4 is 11.9 Å². The molecule has 0 aromatic heterocycles. The second-order valence-electron chi connectivity index (χ2n) is 3.51. The SMILES string of the molecule is CC(O)C(=O)OC(C)C(O)(O)OC(C)C(=O)O. The first kappa shape index (κ1) is 15.8. The van der Waals surface area contributed by atoms with E-state index in [1.807, 2.05) is 0 Å². The van der Waals surface area contributed by atoms with Crippen LogP contribution >= 0.6 is 0 Å². The van der Waals surface area contributed by atoms with Gasteiger partial charge in [0, 0.05) is 0 Å². The van der Waals surface area contributed by atoms with Gasteiger partial charge in [-0.05, 0) is 20.8 Å². The van der Waals surface area contributed by atoms with Crippen molar-refractivity contribution in [3.8, 4) is 0 Å². The minimum absolute atomic E-state index is 1.08. The van der Waals surface area contributed by atoms with E-state index in [2.05, 4.69) is 9.47 Å². The summed E-state index contributed by atoms with van der Waals surface area (Å²) in [6.45, 7) is 3.29. The molecule has 0 amide bonds. The lowest BCUT2D eigenvalue weighted by Gasteiger charge is -2.29. The van der Waals surface area contributed by atoms with Gasteiger partial charge in [-0.2, -0.15) is 0 Å². The summed E-state index contributed by atoms with van der Waals surface area (Å²) >= 11 is 0. The second kappa shape index (κ2) is 5.92. The predicted octanol–water partition coefficient (Wildman–Crippen LogP) is -1.57. The van der Waals surface area contributed by atoms with Crippen LogP contribution in [0.15, 0.2) is 0 Å². The standard InChI is InChI=1S/C9H16O8/c1-4(10)8(13)16-6(3)9(14,15)17-5(2)7(11)12/h4-6,10,14-15H,1-3H3,(H,11,12). The molecule has 0 bridgehead atoms. The molecule has 3 unspecified atom stereocenters. The number of esters is 1. The number of ether oxygens (including phenoxy) is 2. The van der Waals surface area contributed by atoms with Crippen LogP contribution in [0.2, 0.25) is 0 Å². The molecule has 0 spiro atoms. The zero-order valence-electron chi connectivity index (χ0n) is 9.65. The first-order valence-electron chi connectivity index (χ1n) is 4.81. The van der Waals surface area contributed by atoms with Gasteiger partial charge in [0.05, 0.1) is 0 Å². The molecular formula is C9H16O8. The third-order valence-corrected chi connectivity index (χ3v) is 1.86. The number of hydrogen-bond acceptors (Lipinski definition) is 7. The third kappa shape index (κ3) is 5.09. The highest BCUT2D eigenvalue weighted by Crippen LogP contribution is 2.15. The van der Waals surface area contributed by atoms with Crippen LogP contribution in [0.4, 0.5) is 0 Å². The molecule has 0 saturated heterocycles. The maximum atomic E-state index is 11.0. The molecule has 0 rings (SSSR count). The average molecular weight is 252 g/mol. The molecule has 0 aromatic carbocycles. The number of rotatable bonds is 6. The molecule has 4 N–H and O–H groups in total. The summed E-state index contributed by atoms with van der Waals surface area (Å²) in [6.07, 6.45) is -4.51. The molecule has 17 heavy (non-hydrogen) atoms. The molecule has 100 valence electrons. The molecule has 0 saturated carbocycles. The van der Waals surface area contributed by atoms with Crippen molar-refractivity contribution in [1.82, 2.24) is 0 Å². The van der Waals surface area contributed by atoms with E-state index in [0.29, 0.717) is 0 Å². The zero-order chi connectivity index (χ0) is 13.8. The maximum absolute atomic E-state index is 11.0. The Labute approximate surface area is 97.4 Å². The quantitative estimate of drug-likeness (QED) is 0.329. The van der Waals surface area contributed by atoms with Gasteiger partial charge in [0.15, 0.2) is 12.2 Å². The summed E-state index contributed by atoms with van der Waals surface area (Å²) in [4.78, 5) is 21.4. The van der Waals surface area contributed by atoms with Crippen molar-refractivity contribution in [2.45, 2.75) is 45.1 Å². The Hall–Kier alpha value is -1.22. The molecule has 0 aliphatic rings. The zero-order valence-corrected chi connectivity index (χ0v) is 9.65. The van der Waals surface area contributed by atoms with E-state index in [9.17, 15) is 19.8 Å². The largest absolute Gasteiger partial charge is 0.479 e. The fraction of sp³-hybridized carbons (Fsp3) is 0.778. The van der Waals surface area contributed by atoms with E-state index in [4.69, 9.17) is 10.2 Å². The van der Waals surface area contributed by atoms with Crippen LogP contribution in [-0.4, -0.2) is 56.6 Å². The van der Waals surface area contributed by atoms with Crippen molar-refractivity contribution in [2.24, 2.45) is 0 Å². The van der Waals surface area contributed by atoms with Crippen LogP contribution in [0.5, 0.6) is 0 Å². The summed E-state index contributed by atoms with van der Waals surface area (Å²) in [5, 5.41) is 36.0. The highest BCUT2D eigenvalue weighted by molar-refractivity contribution is 5.74. The number of carbonyl (C=O) groups excluding carboxylic acids is 1. The van der Waals surface area contributed by atoms with Gasteiger partial charge in [0.25, 0.3) is 0 Å². The predicted molar refractivity (Wildman–Crippen MR) is 52.6 cm³/mol. The minimum atomic E-state index is -2.96. The highest BCUT2D eigenvalue weighted by Gasteiger charge is 2.39. The molecule has 3 atom stereocenters. The van der Waals surface area contributed by atoms with Crippen LogP contribution in [-0.2, 0) is 19.1 Å². The lowest BCUT2D eigenvalue weighted by atomic mass is 10.3. The van der Waals surface area contributed by atoms with Crippen molar-refractivity contribution in [3.63, 3.8) is 0 Å². The van der Waals surface area contributed by atoms with Crippen LogP contribution in [0.3, 0.4) is 0 Å². The fourth-order valence-corrected chi connectivity index (χ4v) is 0.756. The molecule has 0 aromatic rings. The van der Waals surface area contributed by atoms with E-state index in [1.165, 1.54) is 0 Å². The number of aliphatic hydroxyl groups is 3. The summed E-state index contributed by atoms with van der Waals surface area (Å²) < 4.78 is 8.84. The minimum Gasteiger partial charge on any atom is -0.479 e. The van der Waals surface area contributed by atoms with Gasteiger partial charge in [0.1, 0.15) is 6.10 Å². The van der Waals surface area contributed by atoms with Gasteiger partial charge in [-0.1, -0.05) is 0 Å². The number of carboxylic acid groups (broad SMARTS) is 1. The van der Waals surface area contributed by atoms with Crippen molar-refractivity contribution in [2.75, 3.05) is 0 Å². The number of aliphatic hydroxyl groups excluding tert-OH is 1. The fourth-order valence-electron chi connectivity index (χ4n) is 0.756. The molecule has 0 fully saturated rings. The van der Waals surface area contributed by atoms with Crippen LogP contribution in [0, 0.1) is 0 Å². The van der Waals surface area contributed by atoms with Crippen molar-refractivity contribution in [3.05, 3.63) is 0 Å². The summed E-state index contributed by atoms with van der Waals surface area (Å²) in [7, 11) is 0. The van der Waals surface area contributed by atoms with E-state index >= 15 is 0 Å². The second-order valence-corrected chi connectivity index (χ2v) is 3.51. The summed E-state index contributed by atoms with van der Waals surface area (Å²) in [5.74, 6) is -5.45. The maximum Gasteiger partial charge on any atom is 0.335 e. The van der Waals surface area contributed by atoms with Gasteiger partial charge < -0.3 is 29.9 Å². The van der Waals surface area contributed by atoms with Crippen LogP contribution < -0.4 is 0 Å². The van der Waals surface area contributed by atoms with Gasteiger partial charge in [-0.3, -0.25) is 0 Å². The Morgan fingerprint density at radius 3 is 2.00 bits per heavy atom. The molecule has 0 heterocycles. The van der Waals surface area contributed by atoms with E-state index in [0.717, 1.165) is 20.8 Å². The molecule has 0 radical (unpaired) electrons. The van der Waals surface area contributed by atoms with E-state index in [1.54, 1.807) is 0 Å². The number of hydrogen-bond donors (Lipinski definition) is 4. The Morgan fingerprint density at radius 2 is 1.65 bits per heavy atom. The molecule has 0 aliphatic carbocycles. The van der Waals surface area contributed by atoms with Crippen LogP contribution in [0.25, 0.3) is 0 Å². The number of carboxylic acids is 1. The molecular weight excluding hydrogens is 236 g/mol. The number of aliphatic carboxylic acids is 1. The van der Waals surface area contributed by atoms with Crippen LogP contribution in [0.1, 0.15) is 20.8 Å². The summed E-state index contributed by atoms with van der Waals surface area (Å²) in [6, 6.07) is 0. The molecule has 0 aliphatic heterocycles. The Kier molecular flexibility index (Phi) is 5.49. The monoisotopic (exact) mass is 252 g/mol. The average Bonchev–Trinajstić information content (AvgIpc) is 2.16. The Bertz CT molecular complexity index is 285. The molecule has 8 heteroatoms. The Morgan fingerprint density at radius 1 is 1.18 bits per heavy atom. The van der Waals surface area contributed by atoms with Gasteiger partial charge in [-0.25, -0.2) is 9.59 Å². The lowest BCUT2D eigenvalue weighted by Crippen LogP contribution is -2.49. The van der Waals surface area contributed by atoms with Gasteiger partial charge >= 0.3 is 17.9 Å². The van der Waals surface area contributed by atoms with Gasteiger partial charge in [0.2, 0.25) is 0 Å². The van der Waals surface area contributed by atoms with Crippen molar-refractivity contribution < 1.29 is 39.5 Å². The van der Waals surface area contributed by atoms with E-state index < -0.39 is 36.2 Å². The van der Waals surface area contributed by atoms with E-state index in [-0.39, 0.29) is 0 Å². The van der Waals surface area contributed by atoms with Crippen molar-refractivity contribution in [1.29, 1.82) is 0 Å². The summed E-state index contributed by atoms with van der Waals surface area (Å²) in [5.41, 5.74) is 0. The smallest absolute Gasteiger partial charge is 0.335 e. The highest BCUT2D eigenvalue weighted by atomic mass is 16.8. The topological polar surface area (TPSA) is 134 Å². The third-order valence-electron chi connectivity index (χ3n) is 1.86. The first-order chi connectivity index (χ1) is 7.58.